The normalized spacial score (nSPS) is 17.7. The van der Waals surface area contributed by atoms with Crippen LogP contribution in [0.25, 0.3) is 5.69 Å². The number of hydrogen-bond donors (Lipinski definition) is 1. The number of rotatable bonds is 5. The van der Waals surface area contributed by atoms with Crippen molar-refractivity contribution in [3.63, 3.8) is 0 Å². The molecule has 7 heteroatoms. The molecule has 7 nitrogen and oxygen atoms in total. The number of benzene rings is 1. The monoisotopic (exact) mass is 328 g/mol. The average molecular weight is 328 g/mol. The highest BCUT2D eigenvalue weighted by Gasteiger charge is 2.29. The number of carboxylic acid groups (broad SMARTS) is 1. The Morgan fingerprint density at radius 3 is 2.75 bits per heavy atom. The molecule has 0 unspecified atom stereocenters. The molecule has 0 bridgehead atoms. The van der Waals surface area contributed by atoms with Crippen LogP contribution in [0.5, 0.6) is 0 Å². The van der Waals surface area contributed by atoms with Crippen molar-refractivity contribution in [2.24, 2.45) is 0 Å². The molecular weight excluding hydrogens is 308 g/mol. The molecule has 0 saturated carbocycles. The zero-order valence-corrected chi connectivity index (χ0v) is 13.3. The van der Waals surface area contributed by atoms with Crippen LogP contribution in [-0.2, 0) is 4.79 Å². The lowest BCUT2D eigenvalue weighted by atomic mass is 9.97. The van der Waals surface area contributed by atoms with Gasteiger partial charge < -0.3 is 10.0 Å². The number of aliphatic carboxylic acids is 1. The van der Waals surface area contributed by atoms with Crippen LogP contribution >= 0.6 is 0 Å². The van der Waals surface area contributed by atoms with Crippen LogP contribution in [0, 0.1) is 0 Å². The summed E-state index contributed by atoms with van der Waals surface area (Å²) in [5.74, 6) is -1.00. The van der Waals surface area contributed by atoms with Crippen molar-refractivity contribution in [2.75, 3.05) is 6.54 Å². The molecular formula is C17H20N4O3. The molecule has 0 spiro atoms. The Morgan fingerprint density at radius 2 is 2.00 bits per heavy atom. The maximum Gasteiger partial charge on any atom is 0.303 e. The zero-order valence-electron chi connectivity index (χ0n) is 13.3. The SMILES string of the molecule is O=C(O)CC[C@H]1CCCCN1C(=O)c1cnn(-c2ccccc2)n1. The Hall–Kier alpha value is -2.70. The van der Waals surface area contributed by atoms with E-state index in [1.165, 1.54) is 11.0 Å². The van der Waals surface area contributed by atoms with Crippen molar-refractivity contribution in [3.05, 3.63) is 42.2 Å². The van der Waals surface area contributed by atoms with E-state index in [1.54, 1.807) is 4.90 Å². The molecule has 1 fully saturated rings. The van der Waals surface area contributed by atoms with Gasteiger partial charge in [-0.05, 0) is 37.8 Å². The molecule has 126 valence electrons. The summed E-state index contributed by atoms with van der Waals surface area (Å²) in [5, 5.41) is 17.3. The number of hydrogen-bond acceptors (Lipinski definition) is 4. The fourth-order valence-corrected chi connectivity index (χ4v) is 3.05. The van der Waals surface area contributed by atoms with Gasteiger partial charge in [0, 0.05) is 19.0 Å². The fourth-order valence-electron chi connectivity index (χ4n) is 3.05. The van der Waals surface area contributed by atoms with Crippen molar-refractivity contribution in [1.82, 2.24) is 19.9 Å². The lowest BCUT2D eigenvalue weighted by Gasteiger charge is -2.35. The highest BCUT2D eigenvalue weighted by molar-refractivity contribution is 5.92. The highest BCUT2D eigenvalue weighted by Crippen LogP contribution is 2.22. The van der Waals surface area contributed by atoms with Gasteiger partial charge in [-0.15, -0.1) is 5.10 Å². The molecule has 1 N–H and O–H groups in total. The molecule has 0 radical (unpaired) electrons. The summed E-state index contributed by atoms with van der Waals surface area (Å²) in [6.07, 6.45) is 4.82. The molecule has 1 aliphatic rings. The van der Waals surface area contributed by atoms with Crippen LogP contribution in [0.1, 0.15) is 42.6 Å². The molecule has 1 saturated heterocycles. The van der Waals surface area contributed by atoms with E-state index >= 15 is 0 Å². The summed E-state index contributed by atoms with van der Waals surface area (Å²) < 4.78 is 0. The Kier molecular flexibility index (Phi) is 4.88. The quantitative estimate of drug-likeness (QED) is 0.908. The van der Waals surface area contributed by atoms with Crippen LogP contribution in [-0.4, -0.2) is 49.5 Å². The van der Waals surface area contributed by atoms with Gasteiger partial charge in [-0.3, -0.25) is 9.59 Å². The second kappa shape index (κ2) is 7.25. The molecule has 1 amide bonds. The summed E-state index contributed by atoms with van der Waals surface area (Å²) in [5.41, 5.74) is 1.08. The van der Waals surface area contributed by atoms with Gasteiger partial charge >= 0.3 is 5.97 Å². The maximum atomic E-state index is 12.8. The summed E-state index contributed by atoms with van der Waals surface area (Å²) in [6.45, 7) is 0.640. The van der Waals surface area contributed by atoms with Crippen molar-refractivity contribution in [2.45, 2.75) is 38.1 Å². The van der Waals surface area contributed by atoms with Gasteiger partial charge in [-0.1, -0.05) is 18.2 Å². The number of likely N-dealkylation sites (tertiary alicyclic amines) is 1. The van der Waals surface area contributed by atoms with Gasteiger partial charge in [0.1, 0.15) is 0 Å². The number of amides is 1. The largest absolute Gasteiger partial charge is 0.481 e. The van der Waals surface area contributed by atoms with Crippen molar-refractivity contribution in [3.8, 4) is 5.69 Å². The van der Waals surface area contributed by atoms with E-state index in [4.69, 9.17) is 5.11 Å². The minimum atomic E-state index is -0.831. The van der Waals surface area contributed by atoms with E-state index in [-0.39, 0.29) is 18.4 Å². The molecule has 0 aliphatic carbocycles. The number of carbonyl (C=O) groups is 2. The lowest BCUT2D eigenvalue weighted by Crippen LogP contribution is -2.44. The Labute approximate surface area is 139 Å². The maximum absolute atomic E-state index is 12.8. The highest BCUT2D eigenvalue weighted by atomic mass is 16.4. The van der Waals surface area contributed by atoms with E-state index in [0.29, 0.717) is 18.7 Å². The number of para-hydroxylation sites is 1. The second-order valence-corrected chi connectivity index (χ2v) is 5.94. The zero-order chi connectivity index (χ0) is 16.9. The molecule has 2 aromatic rings. The van der Waals surface area contributed by atoms with E-state index in [0.717, 1.165) is 24.9 Å². The Bertz CT molecular complexity index is 714. The predicted molar refractivity (Wildman–Crippen MR) is 86.9 cm³/mol. The van der Waals surface area contributed by atoms with Gasteiger partial charge in [-0.25, -0.2) is 0 Å². The topological polar surface area (TPSA) is 88.3 Å². The third-order valence-corrected chi connectivity index (χ3v) is 4.28. The summed E-state index contributed by atoms with van der Waals surface area (Å²) >= 11 is 0. The summed E-state index contributed by atoms with van der Waals surface area (Å²) in [7, 11) is 0. The van der Waals surface area contributed by atoms with Gasteiger partial charge in [-0.2, -0.15) is 9.90 Å². The number of aromatic nitrogens is 3. The van der Waals surface area contributed by atoms with Crippen LogP contribution < -0.4 is 0 Å². The first-order valence-corrected chi connectivity index (χ1v) is 8.15. The smallest absolute Gasteiger partial charge is 0.303 e. The van der Waals surface area contributed by atoms with Crippen LogP contribution in [0.2, 0.25) is 0 Å². The molecule has 1 aromatic carbocycles. The van der Waals surface area contributed by atoms with Gasteiger partial charge in [0.15, 0.2) is 5.69 Å². The third-order valence-electron chi connectivity index (χ3n) is 4.28. The summed E-state index contributed by atoms with van der Waals surface area (Å²) in [4.78, 5) is 26.8. The standard InChI is InChI=1S/C17H20N4O3/c22-16(23)10-9-13-6-4-5-11-20(13)17(24)15-12-18-21(19-15)14-7-2-1-3-8-14/h1-3,7-8,12-13H,4-6,9-11H2,(H,22,23)/t13-/m1/s1. The molecule has 1 atom stereocenters. The number of nitrogens with zero attached hydrogens (tertiary/aromatic N) is 4. The van der Waals surface area contributed by atoms with E-state index in [2.05, 4.69) is 10.2 Å². The molecule has 1 aliphatic heterocycles. The first kappa shape index (κ1) is 16.2. The molecule has 24 heavy (non-hydrogen) atoms. The van der Waals surface area contributed by atoms with Crippen molar-refractivity contribution >= 4 is 11.9 Å². The number of piperidine rings is 1. The second-order valence-electron chi connectivity index (χ2n) is 5.94. The number of carboxylic acids is 1. The van der Waals surface area contributed by atoms with Crippen LogP contribution in [0.15, 0.2) is 36.5 Å². The predicted octanol–water partition coefficient (Wildman–Crippen LogP) is 2.13. The van der Waals surface area contributed by atoms with Crippen LogP contribution in [0.3, 0.4) is 0 Å². The van der Waals surface area contributed by atoms with E-state index in [9.17, 15) is 9.59 Å². The summed E-state index contributed by atoms with van der Waals surface area (Å²) in [6, 6.07) is 9.36. The number of carbonyl (C=O) groups excluding carboxylic acids is 1. The van der Waals surface area contributed by atoms with Crippen molar-refractivity contribution in [1.29, 1.82) is 0 Å². The van der Waals surface area contributed by atoms with Gasteiger partial charge in [0.25, 0.3) is 5.91 Å². The Morgan fingerprint density at radius 1 is 1.21 bits per heavy atom. The molecule has 1 aromatic heterocycles. The van der Waals surface area contributed by atoms with E-state index in [1.807, 2.05) is 30.3 Å². The van der Waals surface area contributed by atoms with Gasteiger partial charge in [0.2, 0.25) is 0 Å². The van der Waals surface area contributed by atoms with E-state index < -0.39 is 5.97 Å². The Balaban J connectivity index is 1.74. The van der Waals surface area contributed by atoms with Crippen LogP contribution in [0.4, 0.5) is 0 Å². The minimum Gasteiger partial charge on any atom is -0.481 e. The first-order valence-electron chi connectivity index (χ1n) is 8.15. The van der Waals surface area contributed by atoms with Gasteiger partial charge in [0.05, 0.1) is 11.9 Å². The molecule has 2 heterocycles. The lowest BCUT2D eigenvalue weighted by molar-refractivity contribution is -0.137. The van der Waals surface area contributed by atoms with Crippen molar-refractivity contribution < 1.29 is 14.7 Å². The molecule has 3 rings (SSSR count). The first-order chi connectivity index (χ1) is 11.6. The third kappa shape index (κ3) is 3.61. The fraction of sp³-hybridized carbons (Fsp3) is 0.412. The minimum absolute atomic E-state index is 0.0378. The average Bonchev–Trinajstić information content (AvgIpc) is 3.10.